The van der Waals surface area contributed by atoms with E-state index >= 15 is 0 Å². The molecule has 0 aliphatic carbocycles. The summed E-state index contributed by atoms with van der Waals surface area (Å²) in [6.45, 7) is 0.934. The van der Waals surface area contributed by atoms with Crippen LogP contribution in [0.15, 0.2) is 52.9 Å². The molecular formula is C16H14N2O3. The molecule has 1 aromatic heterocycles. The molecule has 21 heavy (non-hydrogen) atoms. The third-order valence-corrected chi connectivity index (χ3v) is 2.98. The molecule has 1 N–H and O–H groups in total. The second-order valence-corrected chi connectivity index (χ2v) is 4.42. The third-order valence-electron chi connectivity index (χ3n) is 2.98. The van der Waals surface area contributed by atoms with Gasteiger partial charge in [-0.2, -0.15) is 4.98 Å². The number of hydrogen-bond donors (Lipinski definition) is 1. The van der Waals surface area contributed by atoms with Crippen LogP contribution in [0.1, 0.15) is 10.4 Å². The van der Waals surface area contributed by atoms with Crippen LogP contribution in [0.5, 0.6) is 5.75 Å². The van der Waals surface area contributed by atoms with E-state index in [1.54, 1.807) is 18.2 Å². The van der Waals surface area contributed by atoms with Gasteiger partial charge in [0.25, 0.3) is 6.01 Å². The highest BCUT2D eigenvalue weighted by Gasteiger charge is 2.04. The van der Waals surface area contributed by atoms with E-state index in [-0.39, 0.29) is 0 Å². The third kappa shape index (κ3) is 3.02. The molecule has 0 saturated heterocycles. The van der Waals surface area contributed by atoms with Gasteiger partial charge in [-0.05, 0) is 24.3 Å². The summed E-state index contributed by atoms with van der Waals surface area (Å²) in [5, 5.41) is 3.05. The topological polar surface area (TPSA) is 64.4 Å². The molecular weight excluding hydrogens is 268 g/mol. The van der Waals surface area contributed by atoms with Gasteiger partial charge in [0, 0.05) is 0 Å². The number of aldehydes is 1. The summed E-state index contributed by atoms with van der Waals surface area (Å²) >= 11 is 0. The summed E-state index contributed by atoms with van der Waals surface area (Å²) < 4.78 is 11.1. The SMILES string of the molecule is O=Cc1ccccc1OCCNc1nc2ccccc2o1. The Balaban J connectivity index is 1.55. The number of benzene rings is 2. The highest BCUT2D eigenvalue weighted by molar-refractivity contribution is 5.79. The maximum atomic E-state index is 10.9. The van der Waals surface area contributed by atoms with Crippen LogP contribution in [0.3, 0.4) is 0 Å². The number of rotatable bonds is 6. The average Bonchev–Trinajstić information content (AvgIpc) is 2.94. The molecule has 2 aromatic carbocycles. The Hall–Kier alpha value is -2.82. The molecule has 0 unspecified atom stereocenters. The molecule has 0 radical (unpaired) electrons. The number of fused-ring (bicyclic) bond motifs is 1. The first-order valence-electron chi connectivity index (χ1n) is 6.63. The second-order valence-electron chi connectivity index (χ2n) is 4.42. The summed E-state index contributed by atoms with van der Waals surface area (Å²) in [6.07, 6.45) is 0.781. The molecule has 5 heteroatoms. The highest BCUT2D eigenvalue weighted by atomic mass is 16.5. The normalized spacial score (nSPS) is 10.5. The van der Waals surface area contributed by atoms with E-state index < -0.39 is 0 Å². The van der Waals surface area contributed by atoms with Crippen LogP contribution in [0.25, 0.3) is 11.1 Å². The number of carbonyl (C=O) groups excluding carboxylic acids is 1. The zero-order valence-electron chi connectivity index (χ0n) is 11.3. The molecule has 1 heterocycles. The highest BCUT2D eigenvalue weighted by Crippen LogP contribution is 2.18. The maximum Gasteiger partial charge on any atom is 0.295 e. The number of hydrogen-bond acceptors (Lipinski definition) is 5. The molecule has 0 atom stereocenters. The van der Waals surface area contributed by atoms with Crippen molar-refractivity contribution in [1.29, 1.82) is 0 Å². The predicted molar refractivity (Wildman–Crippen MR) is 79.8 cm³/mol. The zero-order valence-corrected chi connectivity index (χ0v) is 11.3. The number of aromatic nitrogens is 1. The van der Waals surface area contributed by atoms with Gasteiger partial charge in [-0.1, -0.05) is 24.3 Å². The number of para-hydroxylation sites is 3. The molecule has 0 bridgehead atoms. The van der Waals surface area contributed by atoms with E-state index in [0.717, 1.165) is 17.4 Å². The van der Waals surface area contributed by atoms with Gasteiger partial charge >= 0.3 is 0 Å². The van der Waals surface area contributed by atoms with Gasteiger partial charge in [-0.25, -0.2) is 0 Å². The van der Waals surface area contributed by atoms with E-state index in [2.05, 4.69) is 10.3 Å². The quantitative estimate of drug-likeness (QED) is 0.556. The van der Waals surface area contributed by atoms with Crippen molar-refractivity contribution in [1.82, 2.24) is 4.98 Å². The van der Waals surface area contributed by atoms with Gasteiger partial charge in [-0.15, -0.1) is 0 Å². The summed E-state index contributed by atoms with van der Waals surface area (Å²) in [5.74, 6) is 0.576. The van der Waals surface area contributed by atoms with Gasteiger partial charge in [0.2, 0.25) is 0 Å². The largest absolute Gasteiger partial charge is 0.491 e. The lowest BCUT2D eigenvalue weighted by molar-refractivity contribution is 0.111. The van der Waals surface area contributed by atoms with E-state index in [9.17, 15) is 4.79 Å². The van der Waals surface area contributed by atoms with Crippen molar-refractivity contribution in [3.05, 3.63) is 54.1 Å². The van der Waals surface area contributed by atoms with E-state index in [1.165, 1.54) is 0 Å². The predicted octanol–water partition coefficient (Wildman–Crippen LogP) is 3.13. The van der Waals surface area contributed by atoms with Gasteiger partial charge in [-0.3, -0.25) is 4.79 Å². The molecule has 0 spiro atoms. The Bertz CT molecular complexity index is 719. The molecule has 0 aliphatic rings. The summed E-state index contributed by atoms with van der Waals surface area (Å²) in [7, 11) is 0. The van der Waals surface area contributed by atoms with Crippen molar-refractivity contribution in [3.63, 3.8) is 0 Å². The van der Waals surface area contributed by atoms with Crippen molar-refractivity contribution in [2.45, 2.75) is 0 Å². The van der Waals surface area contributed by atoms with Gasteiger partial charge in [0.05, 0.1) is 12.1 Å². The fourth-order valence-corrected chi connectivity index (χ4v) is 1.98. The van der Waals surface area contributed by atoms with Crippen molar-refractivity contribution < 1.29 is 13.9 Å². The average molecular weight is 282 g/mol. The van der Waals surface area contributed by atoms with Gasteiger partial charge in [0.1, 0.15) is 17.9 Å². The van der Waals surface area contributed by atoms with Crippen molar-refractivity contribution in [3.8, 4) is 5.75 Å². The standard InChI is InChI=1S/C16H14N2O3/c19-11-12-5-1-3-7-14(12)20-10-9-17-16-18-13-6-2-4-8-15(13)21-16/h1-8,11H,9-10H2,(H,17,18). The lowest BCUT2D eigenvalue weighted by atomic mass is 10.2. The number of oxazole rings is 1. The van der Waals surface area contributed by atoms with E-state index in [0.29, 0.717) is 30.5 Å². The van der Waals surface area contributed by atoms with Crippen molar-refractivity contribution in [2.24, 2.45) is 0 Å². The number of anilines is 1. The van der Waals surface area contributed by atoms with E-state index in [4.69, 9.17) is 9.15 Å². The van der Waals surface area contributed by atoms with Crippen molar-refractivity contribution in [2.75, 3.05) is 18.5 Å². The fraction of sp³-hybridized carbons (Fsp3) is 0.125. The van der Waals surface area contributed by atoms with E-state index in [1.807, 2.05) is 30.3 Å². The lowest BCUT2D eigenvalue weighted by Gasteiger charge is -2.07. The minimum absolute atomic E-state index is 0.406. The monoisotopic (exact) mass is 282 g/mol. The Morgan fingerprint density at radius 2 is 1.95 bits per heavy atom. The van der Waals surface area contributed by atoms with Crippen LogP contribution in [-0.4, -0.2) is 24.4 Å². The second kappa shape index (κ2) is 6.09. The van der Waals surface area contributed by atoms with Crippen LogP contribution in [0, 0.1) is 0 Å². The fourth-order valence-electron chi connectivity index (χ4n) is 1.98. The van der Waals surface area contributed by atoms with Crippen molar-refractivity contribution >= 4 is 23.4 Å². The van der Waals surface area contributed by atoms with Crippen LogP contribution in [0.2, 0.25) is 0 Å². The molecule has 3 aromatic rings. The Kier molecular flexibility index (Phi) is 3.82. The number of carbonyl (C=O) groups is 1. The number of nitrogens with one attached hydrogen (secondary N) is 1. The molecule has 3 rings (SSSR count). The Morgan fingerprint density at radius 1 is 1.14 bits per heavy atom. The molecule has 0 saturated carbocycles. The molecule has 0 amide bonds. The minimum Gasteiger partial charge on any atom is -0.491 e. The zero-order chi connectivity index (χ0) is 14.5. The molecule has 0 aliphatic heterocycles. The maximum absolute atomic E-state index is 10.9. The smallest absolute Gasteiger partial charge is 0.295 e. The van der Waals surface area contributed by atoms with Crippen LogP contribution >= 0.6 is 0 Å². The minimum atomic E-state index is 0.406. The van der Waals surface area contributed by atoms with Crippen LogP contribution in [-0.2, 0) is 0 Å². The first-order valence-corrected chi connectivity index (χ1v) is 6.63. The van der Waals surface area contributed by atoms with Crippen LogP contribution in [0.4, 0.5) is 6.01 Å². The summed E-state index contributed by atoms with van der Waals surface area (Å²) in [6, 6.07) is 15.1. The molecule has 0 fully saturated rings. The first kappa shape index (κ1) is 13.2. The summed E-state index contributed by atoms with van der Waals surface area (Å²) in [5.41, 5.74) is 2.10. The Labute approximate surface area is 121 Å². The lowest BCUT2D eigenvalue weighted by Crippen LogP contribution is -2.12. The molecule has 5 nitrogen and oxygen atoms in total. The summed E-state index contributed by atoms with van der Waals surface area (Å²) in [4.78, 5) is 15.2. The van der Waals surface area contributed by atoms with Crippen LogP contribution < -0.4 is 10.1 Å². The Morgan fingerprint density at radius 3 is 2.81 bits per heavy atom. The number of ether oxygens (including phenoxy) is 1. The van der Waals surface area contributed by atoms with Gasteiger partial charge < -0.3 is 14.5 Å². The first-order chi connectivity index (χ1) is 10.4. The van der Waals surface area contributed by atoms with Gasteiger partial charge in [0.15, 0.2) is 11.9 Å². The molecule has 106 valence electrons. The number of nitrogens with zero attached hydrogens (tertiary/aromatic N) is 1.